The van der Waals surface area contributed by atoms with Crippen LogP contribution in [-0.2, 0) is 6.42 Å². The number of aliphatic hydroxyl groups is 1. The van der Waals surface area contributed by atoms with E-state index in [2.05, 4.69) is 6.07 Å². The summed E-state index contributed by atoms with van der Waals surface area (Å²) in [7, 11) is 0. The average molecular weight is 239 g/mol. The summed E-state index contributed by atoms with van der Waals surface area (Å²) >= 11 is 5.97. The van der Waals surface area contributed by atoms with Gasteiger partial charge >= 0.3 is 0 Å². The van der Waals surface area contributed by atoms with Gasteiger partial charge in [-0.3, -0.25) is 0 Å². The number of rotatable bonds is 2. The zero-order chi connectivity index (χ0) is 11.4. The lowest BCUT2D eigenvalue weighted by atomic mass is 9.90. The number of halogens is 1. The third-order valence-corrected chi connectivity index (χ3v) is 3.74. The van der Waals surface area contributed by atoms with Crippen LogP contribution in [0.4, 0.5) is 0 Å². The van der Waals surface area contributed by atoms with Crippen molar-refractivity contribution in [2.24, 2.45) is 5.92 Å². The van der Waals surface area contributed by atoms with Crippen LogP contribution in [0.1, 0.15) is 37.7 Å². The topological polar surface area (TPSA) is 20.2 Å². The van der Waals surface area contributed by atoms with Crippen LogP contribution in [0.15, 0.2) is 24.3 Å². The van der Waals surface area contributed by atoms with Crippen molar-refractivity contribution in [1.29, 1.82) is 0 Å². The molecule has 0 radical (unpaired) electrons. The molecule has 0 heterocycles. The maximum absolute atomic E-state index is 10.0. The van der Waals surface area contributed by atoms with Gasteiger partial charge in [-0.15, -0.1) is 0 Å². The molecule has 2 heteroatoms. The molecule has 1 saturated carbocycles. The van der Waals surface area contributed by atoms with Gasteiger partial charge in [-0.1, -0.05) is 43.0 Å². The van der Waals surface area contributed by atoms with E-state index in [0.29, 0.717) is 5.92 Å². The Morgan fingerprint density at radius 2 is 2.00 bits per heavy atom. The molecule has 0 aliphatic heterocycles. The van der Waals surface area contributed by atoms with Gasteiger partial charge in [0.15, 0.2) is 0 Å². The highest BCUT2D eigenvalue weighted by molar-refractivity contribution is 6.30. The van der Waals surface area contributed by atoms with Crippen LogP contribution >= 0.6 is 11.6 Å². The van der Waals surface area contributed by atoms with Gasteiger partial charge in [-0.05, 0) is 42.9 Å². The summed E-state index contributed by atoms with van der Waals surface area (Å²) in [5, 5.41) is 10.8. The Kier molecular flexibility index (Phi) is 4.25. The molecule has 1 aromatic rings. The molecule has 2 atom stereocenters. The molecule has 16 heavy (non-hydrogen) atoms. The maximum Gasteiger partial charge on any atom is 0.0571 e. The van der Waals surface area contributed by atoms with E-state index in [0.717, 1.165) is 24.3 Å². The minimum Gasteiger partial charge on any atom is -0.393 e. The number of hydrogen-bond acceptors (Lipinski definition) is 1. The molecule has 1 aliphatic rings. The van der Waals surface area contributed by atoms with Gasteiger partial charge in [-0.25, -0.2) is 0 Å². The smallest absolute Gasteiger partial charge is 0.0571 e. The molecule has 1 aliphatic carbocycles. The first-order valence-corrected chi connectivity index (χ1v) is 6.56. The normalized spacial score (nSPS) is 26.4. The highest BCUT2D eigenvalue weighted by atomic mass is 35.5. The predicted molar refractivity (Wildman–Crippen MR) is 67.7 cm³/mol. The Balaban J connectivity index is 2.02. The minimum absolute atomic E-state index is 0.124. The molecule has 1 aromatic carbocycles. The minimum atomic E-state index is -0.124. The Bertz CT molecular complexity index is 337. The molecule has 0 amide bonds. The highest BCUT2D eigenvalue weighted by Crippen LogP contribution is 2.27. The van der Waals surface area contributed by atoms with Crippen LogP contribution in [0.2, 0.25) is 5.02 Å². The molecule has 0 bridgehead atoms. The standard InChI is InChI=1S/C14H19ClO/c15-13-7-4-5-11(10-13)9-12-6-2-1-3-8-14(12)16/h4-5,7,10,12,14,16H,1-3,6,8-9H2. The number of hydrogen-bond donors (Lipinski definition) is 1. The van der Waals surface area contributed by atoms with Crippen LogP contribution in [0.3, 0.4) is 0 Å². The fraction of sp³-hybridized carbons (Fsp3) is 0.571. The molecule has 2 unspecified atom stereocenters. The Labute approximate surface area is 102 Å². The van der Waals surface area contributed by atoms with Crippen molar-refractivity contribution in [2.45, 2.75) is 44.6 Å². The highest BCUT2D eigenvalue weighted by Gasteiger charge is 2.21. The summed E-state index contributed by atoms with van der Waals surface area (Å²) in [6.45, 7) is 0. The Hall–Kier alpha value is -0.530. The molecule has 1 N–H and O–H groups in total. The second-order valence-corrected chi connectivity index (χ2v) is 5.24. The lowest BCUT2D eigenvalue weighted by Gasteiger charge is -2.20. The van der Waals surface area contributed by atoms with Crippen molar-refractivity contribution in [2.75, 3.05) is 0 Å². The van der Waals surface area contributed by atoms with Crippen molar-refractivity contribution < 1.29 is 5.11 Å². The molecular weight excluding hydrogens is 220 g/mol. The maximum atomic E-state index is 10.0. The third kappa shape index (κ3) is 3.23. The summed E-state index contributed by atoms with van der Waals surface area (Å²) in [4.78, 5) is 0. The van der Waals surface area contributed by atoms with Gasteiger partial charge in [0.25, 0.3) is 0 Å². The van der Waals surface area contributed by atoms with Gasteiger partial charge in [-0.2, -0.15) is 0 Å². The van der Waals surface area contributed by atoms with Crippen molar-refractivity contribution in [3.8, 4) is 0 Å². The molecule has 1 fully saturated rings. The van der Waals surface area contributed by atoms with Gasteiger partial charge in [0.1, 0.15) is 0 Å². The van der Waals surface area contributed by atoms with Crippen molar-refractivity contribution in [3.05, 3.63) is 34.9 Å². The van der Waals surface area contributed by atoms with E-state index in [1.165, 1.54) is 24.8 Å². The molecule has 88 valence electrons. The Morgan fingerprint density at radius 3 is 2.81 bits per heavy atom. The summed E-state index contributed by atoms with van der Waals surface area (Å²) in [5.41, 5.74) is 1.25. The quantitative estimate of drug-likeness (QED) is 0.777. The predicted octanol–water partition coefficient (Wildman–Crippen LogP) is 3.82. The van der Waals surface area contributed by atoms with Gasteiger partial charge < -0.3 is 5.11 Å². The summed E-state index contributed by atoms with van der Waals surface area (Å²) in [6, 6.07) is 8.00. The van der Waals surface area contributed by atoms with E-state index in [9.17, 15) is 5.11 Å². The first-order chi connectivity index (χ1) is 7.75. The summed E-state index contributed by atoms with van der Waals surface area (Å²) < 4.78 is 0. The first-order valence-electron chi connectivity index (χ1n) is 6.18. The van der Waals surface area contributed by atoms with E-state index in [-0.39, 0.29) is 6.10 Å². The number of aliphatic hydroxyl groups excluding tert-OH is 1. The summed E-state index contributed by atoms with van der Waals surface area (Å²) in [6.07, 6.45) is 6.64. The molecule has 2 rings (SSSR count). The fourth-order valence-electron chi connectivity index (χ4n) is 2.57. The van der Waals surface area contributed by atoms with E-state index >= 15 is 0 Å². The molecular formula is C14H19ClO. The van der Waals surface area contributed by atoms with Gasteiger partial charge in [0.2, 0.25) is 0 Å². The fourth-order valence-corrected chi connectivity index (χ4v) is 2.78. The lowest BCUT2D eigenvalue weighted by Crippen LogP contribution is -2.20. The first kappa shape index (κ1) is 11.9. The van der Waals surface area contributed by atoms with Crippen molar-refractivity contribution in [1.82, 2.24) is 0 Å². The second kappa shape index (κ2) is 5.70. The van der Waals surface area contributed by atoms with Crippen LogP contribution in [0, 0.1) is 5.92 Å². The van der Waals surface area contributed by atoms with E-state index in [1.54, 1.807) is 0 Å². The number of benzene rings is 1. The van der Waals surface area contributed by atoms with Gasteiger partial charge in [0, 0.05) is 5.02 Å². The Morgan fingerprint density at radius 1 is 1.19 bits per heavy atom. The zero-order valence-electron chi connectivity index (χ0n) is 9.53. The van der Waals surface area contributed by atoms with Gasteiger partial charge in [0.05, 0.1) is 6.10 Å². The van der Waals surface area contributed by atoms with Crippen LogP contribution in [0.5, 0.6) is 0 Å². The van der Waals surface area contributed by atoms with Crippen molar-refractivity contribution in [3.63, 3.8) is 0 Å². The second-order valence-electron chi connectivity index (χ2n) is 4.80. The van der Waals surface area contributed by atoms with Crippen LogP contribution in [-0.4, -0.2) is 11.2 Å². The molecule has 1 nitrogen and oxygen atoms in total. The zero-order valence-corrected chi connectivity index (χ0v) is 10.3. The molecule has 0 saturated heterocycles. The molecule has 0 aromatic heterocycles. The van der Waals surface area contributed by atoms with Crippen LogP contribution < -0.4 is 0 Å². The van der Waals surface area contributed by atoms with E-state index in [4.69, 9.17) is 11.6 Å². The average Bonchev–Trinajstić information content (AvgIpc) is 2.45. The molecule has 0 spiro atoms. The largest absolute Gasteiger partial charge is 0.393 e. The lowest BCUT2D eigenvalue weighted by molar-refractivity contribution is 0.101. The van der Waals surface area contributed by atoms with Crippen molar-refractivity contribution >= 4 is 11.6 Å². The van der Waals surface area contributed by atoms with Crippen LogP contribution in [0.25, 0.3) is 0 Å². The van der Waals surface area contributed by atoms with E-state index in [1.807, 2.05) is 18.2 Å². The summed E-state index contributed by atoms with van der Waals surface area (Å²) in [5.74, 6) is 0.418. The monoisotopic (exact) mass is 238 g/mol. The SMILES string of the molecule is OC1CCCCCC1Cc1cccc(Cl)c1. The van der Waals surface area contributed by atoms with E-state index < -0.39 is 0 Å². The third-order valence-electron chi connectivity index (χ3n) is 3.51.